The van der Waals surface area contributed by atoms with E-state index >= 15 is 0 Å². The molecule has 0 bridgehead atoms. The van der Waals surface area contributed by atoms with Crippen LogP contribution in [0.4, 0.5) is 0 Å². The number of hydrogen-bond acceptors (Lipinski definition) is 3. The highest BCUT2D eigenvalue weighted by Gasteiger charge is 2.08. The van der Waals surface area contributed by atoms with Gasteiger partial charge in [-0.3, -0.25) is 0 Å². The second-order valence-electron chi connectivity index (χ2n) is 2.68. The Morgan fingerprint density at radius 2 is 2.29 bits per heavy atom. The number of rotatable bonds is 3. The monoisotopic (exact) mass is 306 g/mol. The summed E-state index contributed by atoms with van der Waals surface area (Å²) in [5.41, 5.74) is 1.23. The summed E-state index contributed by atoms with van der Waals surface area (Å²) in [4.78, 5) is 11.3. The highest BCUT2D eigenvalue weighted by Crippen LogP contribution is 2.15. The largest absolute Gasteiger partial charge is 0.462 e. The van der Waals surface area contributed by atoms with E-state index in [0.29, 0.717) is 12.2 Å². The first-order chi connectivity index (χ1) is 6.69. The van der Waals surface area contributed by atoms with Crippen LogP contribution in [0.3, 0.4) is 0 Å². The van der Waals surface area contributed by atoms with E-state index < -0.39 is 0 Å². The standard InChI is InChI=1S/C10H11IO3/c1-2-14-10(13)7-3-4-9(11)8(5-7)6-12/h3-5,12H,2,6H2,1H3. The van der Waals surface area contributed by atoms with Crippen molar-refractivity contribution in [2.45, 2.75) is 13.5 Å². The Kier molecular flexibility index (Phi) is 4.34. The lowest BCUT2D eigenvalue weighted by molar-refractivity contribution is 0.0526. The summed E-state index contributed by atoms with van der Waals surface area (Å²) in [5, 5.41) is 9.00. The summed E-state index contributed by atoms with van der Waals surface area (Å²) in [6.45, 7) is 2.06. The van der Waals surface area contributed by atoms with Crippen LogP contribution in [0, 0.1) is 3.57 Å². The van der Waals surface area contributed by atoms with E-state index in [4.69, 9.17) is 9.84 Å². The molecule has 1 N–H and O–H groups in total. The molecule has 3 nitrogen and oxygen atoms in total. The maximum absolute atomic E-state index is 11.3. The topological polar surface area (TPSA) is 46.5 Å². The molecule has 1 aromatic carbocycles. The maximum Gasteiger partial charge on any atom is 0.338 e. The minimum absolute atomic E-state index is 0.0640. The van der Waals surface area contributed by atoms with Crippen molar-refractivity contribution < 1.29 is 14.6 Å². The van der Waals surface area contributed by atoms with Gasteiger partial charge in [-0.25, -0.2) is 4.79 Å². The van der Waals surface area contributed by atoms with E-state index in [1.807, 2.05) is 0 Å². The third-order valence-corrected chi connectivity index (χ3v) is 2.78. The molecule has 4 heteroatoms. The molecule has 0 aromatic heterocycles. The molecule has 0 spiro atoms. The second-order valence-corrected chi connectivity index (χ2v) is 3.85. The van der Waals surface area contributed by atoms with Crippen molar-refractivity contribution >= 4 is 28.6 Å². The minimum Gasteiger partial charge on any atom is -0.462 e. The van der Waals surface area contributed by atoms with Crippen LogP contribution in [-0.4, -0.2) is 17.7 Å². The lowest BCUT2D eigenvalue weighted by Gasteiger charge is -2.04. The van der Waals surface area contributed by atoms with Crippen LogP contribution in [-0.2, 0) is 11.3 Å². The van der Waals surface area contributed by atoms with Crippen molar-refractivity contribution in [3.8, 4) is 0 Å². The highest BCUT2D eigenvalue weighted by molar-refractivity contribution is 14.1. The summed E-state index contributed by atoms with van der Waals surface area (Å²) in [5.74, 6) is -0.349. The number of ether oxygens (including phenoxy) is 1. The zero-order valence-corrected chi connectivity index (χ0v) is 9.95. The summed E-state index contributed by atoms with van der Waals surface area (Å²) in [7, 11) is 0. The predicted molar refractivity (Wildman–Crippen MR) is 61.0 cm³/mol. The zero-order chi connectivity index (χ0) is 10.6. The first-order valence-corrected chi connectivity index (χ1v) is 5.33. The third kappa shape index (κ3) is 2.68. The molecule has 76 valence electrons. The van der Waals surface area contributed by atoms with Gasteiger partial charge in [0.05, 0.1) is 18.8 Å². The maximum atomic E-state index is 11.3. The molecule has 0 saturated heterocycles. The van der Waals surface area contributed by atoms with Gasteiger partial charge in [0.1, 0.15) is 0 Å². The molecule has 0 aliphatic heterocycles. The number of esters is 1. The third-order valence-electron chi connectivity index (χ3n) is 1.73. The van der Waals surface area contributed by atoms with Gasteiger partial charge in [-0.15, -0.1) is 0 Å². The molecule has 1 aromatic rings. The average molecular weight is 306 g/mol. The SMILES string of the molecule is CCOC(=O)c1ccc(I)c(CO)c1. The van der Waals surface area contributed by atoms with Crippen molar-refractivity contribution in [2.75, 3.05) is 6.61 Å². The number of aliphatic hydroxyl groups excluding tert-OH is 1. The van der Waals surface area contributed by atoms with Gasteiger partial charge < -0.3 is 9.84 Å². The van der Waals surface area contributed by atoms with E-state index in [0.717, 1.165) is 9.13 Å². The molecule has 0 aliphatic carbocycles. The summed E-state index contributed by atoms with van der Waals surface area (Å²) >= 11 is 2.11. The molecule has 0 amide bonds. The zero-order valence-electron chi connectivity index (χ0n) is 7.79. The van der Waals surface area contributed by atoms with Crippen molar-refractivity contribution in [3.63, 3.8) is 0 Å². The van der Waals surface area contributed by atoms with Crippen LogP contribution < -0.4 is 0 Å². The number of hydrogen-bond donors (Lipinski definition) is 1. The van der Waals surface area contributed by atoms with Gasteiger partial charge in [-0.2, -0.15) is 0 Å². The summed E-state index contributed by atoms with van der Waals surface area (Å²) in [6.07, 6.45) is 0. The first-order valence-electron chi connectivity index (χ1n) is 4.25. The molecule has 14 heavy (non-hydrogen) atoms. The highest BCUT2D eigenvalue weighted by atomic mass is 127. The molecule has 0 unspecified atom stereocenters. The van der Waals surface area contributed by atoms with Crippen molar-refractivity contribution in [3.05, 3.63) is 32.9 Å². The fourth-order valence-corrected chi connectivity index (χ4v) is 1.54. The Balaban J connectivity index is 2.94. The summed E-state index contributed by atoms with van der Waals surface area (Å²) in [6, 6.07) is 5.14. The molecular weight excluding hydrogens is 295 g/mol. The number of aliphatic hydroxyl groups is 1. The van der Waals surface area contributed by atoms with Crippen molar-refractivity contribution in [2.24, 2.45) is 0 Å². The minimum atomic E-state index is -0.349. The van der Waals surface area contributed by atoms with Crippen LogP contribution in [0.1, 0.15) is 22.8 Å². The number of benzene rings is 1. The molecule has 0 fully saturated rings. The number of carbonyl (C=O) groups excluding carboxylic acids is 1. The van der Waals surface area contributed by atoms with Gasteiger partial charge in [0.2, 0.25) is 0 Å². The molecule has 0 saturated carbocycles. The molecule has 1 rings (SSSR count). The Hall–Kier alpha value is -0.620. The van der Waals surface area contributed by atoms with Crippen molar-refractivity contribution in [1.29, 1.82) is 0 Å². The fraction of sp³-hybridized carbons (Fsp3) is 0.300. The van der Waals surface area contributed by atoms with E-state index in [1.54, 1.807) is 25.1 Å². The number of carbonyl (C=O) groups is 1. The van der Waals surface area contributed by atoms with Crippen LogP contribution in [0.2, 0.25) is 0 Å². The summed E-state index contributed by atoms with van der Waals surface area (Å²) < 4.78 is 5.79. The van der Waals surface area contributed by atoms with Gasteiger partial charge in [-0.1, -0.05) is 0 Å². The molecule has 0 radical (unpaired) electrons. The van der Waals surface area contributed by atoms with Crippen LogP contribution in [0.25, 0.3) is 0 Å². The van der Waals surface area contributed by atoms with Gasteiger partial charge in [0, 0.05) is 3.57 Å². The molecule has 0 aliphatic rings. The van der Waals surface area contributed by atoms with Gasteiger partial charge in [0.15, 0.2) is 0 Å². The number of halogens is 1. The van der Waals surface area contributed by atoms with Crippen LogP contribution >= 0.6 is 22.6 Å². The predicted octanol–water partition coefficient (Wildman–Crippen LogP) is 1.96. The lowest BCUT2D eigenvalue weighted by Crippen LogP contribution is -2.05. The average Bonchev–Trinajstić information content (AvgIpc) is 2.19. The molecule has 0 atom stereocenters. The van der Waals surface area contributed by atoms with E-state index in [-0.39, 0.29) is 12.6 Å². The quantitative estimate of drug-likeness (QED) is 0.686. The molecule has 0 heterocycles. The smallest absolute Gasteiger partial charge is 0.338 e. The van der Waals surface area contributed by atoms with Gasteiger partial charge in [-0.05, 0) is 53.3 Å². The van der Waals surface area contributed by atoms with Gasteiger partial charge >= 0.3 is 5.97 Å². The fourth-order valence-electron chi connectivity index (χ4n) is 1.04. The molecular formula is C10H11IO3. The van der Waals surface area contributed by atoms with E-state index in [9.17, 15) is 4.79 Å². The first kappa shape index (κ1) is 11.5. The van der Waals surface area contributed by atoms with Crippen molar-refractivity contribution in [1.82, 2.24) is 0 Å². The van der Waals surface area contributed by atoms with Gasteiger partial charge in [0.25, 0.3) is 0 Å². The second kappa shape index (κ2) is 5.31. The normalized spacial score (nSPS) is 9.93. The Labute approximate surface area is 96.2 Å². The Bertz CT molecular complexity index is 336. The van der Waals surface area contributed by atoms with Crippen LogP contribution in [0.15, 0.2) is 18.2 Å². The Morgan fingerprint density at radius 1 is 1.57 bits per heavy atom. The lowest BCUT2D eigenvalue weighted by atomic mass is 10.1. The van der Waals surface area contributed by atoms with E-state index in [1.165, 1.54) is 0 Å². The van der Waals surface area contributed by atoms with E-state index in [2.05, 4.69) is 22.6 Å². The Morgan fingerprint density at radius 3 is 2.86 bits per heavy atom. The van der Waals surface area contributed by atoms with Crippen LogP contribution in [0.5, 0.6) is 0 Å².